The zero-order chi connectivity index (χ0) is 37.3. The lowest BCUT2D eigenvalue weighted by molar-refractivity contribution is 0.669. The first-order valence-corrected chi connectivity index (χ1v) is 18.8. The molecule has 0 saturated carbocycles. The summed E-state index contributed by atoms with van der Waals surface area (Å²) in [5.74, 6) is 0.648. The van der Waals surface area contributed by atoms with Gasteiger partial charge in [-0.3, -0.25) is 0 Å². The number of fused-ring (bicyclic) bond motifs is 3. The number of anilines is 3. The molecule has 10 aromatic rings. The lowest BCUT2D eigenvalue weighted by Gasteiger charge is -2.25. The van der Waals surface area contributed by atoms with Crippen LogP contribution in [-0.2, 0) is 0 Å². The van der Waals surface area contributed by atoms with Crippen molar-refractivity contribution in [1.82, 2.24) is 9.97 Å². The van der Waals surface area contributed by atoms with Gasteiger partial charge in [-0.25, -0.2) is 9.97 Å². The van der Waals surface area contributed by atoms with Gasteiger partial charge < -0.3 is 9.32 Å². The predicted octanol–water partition coefficient (Wildman–Crippen LogP) is 14.2. The van der Waals surface area contributed by atoms with Gasteiger partial charge in [0.05, 0.1) is 11.4 Å². The van der Waals surface area contributed by atoms with Crippen LogP contribution >= 0.6 is 0 Å². The van der Waals surface area contributed by atoms with Crippen molar-refractivity contribution in [2.45, 2.75) is 0 Å². The molecule has 2 aromatic heterocycles. The van der Waals surface area contributed by atoms with E-state index in [9.17, 15) is 0 Å². The highest BCUT2D eigenvalue weighted by molar-refractivity contribution is 6.12. The largest absolute Gasteiger partial charge is 0.456 e. The van der Waals surface area contributed by atoms with E-state index in [0.717, 1.165) is 72.6 Å². The number of benzene rings is 8. The average Bonchev–Trinajstić information content (AvgIpc) is 3.66. The van der Waals surface area contributed by atoms with Crippen LogP contribution in [0.2, 0.25) is 0 Å². The predicted molar refractivity (Wildman–Crippen MR) is 231 cm³/mol. The van der Waals surface area contributed by atoms with Crippen LogP contribution in [-0.4, -0.2) is 9.97 Å². The monoisotopic (exact) mass is 717 g/mol. The summed E-state index contributed by atoms with van der Waals surface area (Å²) >= 11 is 0. The van der Waals surface area contributed by atoms with Crippen molar-refractivity contribution in [3.8, 4) is 56.2 Å². The molecular weight excluding hydrogens is 683 g/mol. The molecule has 0 amide bonds. The van der Waals surface area contributed by atoms with E-state index in [1.54, 1.807) is 0 Å². The topological polar surface area (TPSA) is 42.2 Å². The van der Waals surface area contributed by atoms with E-state index < -0.39 is 0 Å². The van der Waals surface area contributed by atoms with Crippen LogP contribution < -0.4 is 4.90 Å². The van der Waals surface area contributed by atoms with E-state index in [4.69, 9.17) is 14.4 Å². The summed E-state index contributed by atoms with van der Waals surface area (Å²) in [7, 11) is 0. The summed E-state index contributed by atoms with van der Waals surface area (Å²) in [6.45, 7) is 0. The highest BCUT2D eigenvalue weighted by Crippen LogP contribution is 2.41. The highest BCUT2D eigenvalue weighted by atomic mass is 16.3. The molecule has 0 radical (unpaired) electrons. The van der Waals surface area contributed by atoms with E-state index in [1.165, 1.54) is 16.7 Å². The smallest absolute Gasteiger partial charge is 0.161 e. The minimum absolute atomic E-state index is 0.648. The molecule has 0 saturated heterocycles. The number of hydrogen-bond acceptors (Lipinski definition) is 4. The minimum atomic E-state index is 0.648. The van der Waals surface area contributed by atoms with Crippen LogP contribution in [0.15, 0.2) is 217 Å². The van der Waals surface area contributed by atoms with Crippen LogP contribution in [0.4, 0.5) is 17.1 Å². The number of hydrogen-bond donors (Lipinski definition) is 0. The van der Waals surface area contributed by atoms with Crippen molar-refractivity contribution in [3.63, 3.8) is 0 Å². The van der Waals surface area contributed by atoms with Gasteiger partial charge in [0.1, 0.15) is 11.2 Å². The molecule has 2 heterocycles. The molecule has 4 nitrogen and oxygen atoms in total. The fourth-order valence-corrected chi connectivity index (χ4v) is 7.53. The Morgan fingerprint density at radius 3 is 1.41 bits per heavy atom. The molecule has 0 aliphatic heterocycles. The van der Waals surface area contributed by atoms with Crippen LogP contribution in [0.3, 0.4) is 0 Å². The summed E-state index contributed by atoms with van der Waals surface area (Å²) in [5.41, 5.74) is 14.1. The molecule has 4 heteroatoms. The number of furan rings is 1. The zero-order valence-corrected chi connectivity index (χ0v) is 30.5. The van der Waals surface area contributed by atoms with Gasteiger partial charge in [0, 0.05) is 50.6 Å². The van der Waals surface area contributed by atoms with Crippen molar-refractivity contribution in [2.24, 2.45) is 0 Å². The van der Waals surface area contributed by atoms with Gasteiger partial charge in [-0.1, -0.05) is 158 Å². The summed E-state index contributed by atoms with van der Waals surface area (Å²) in [5, 5.41) is 2.00. The molecule has 0 aliphatic carbocycles. The Balaban J connectivity index is 1.08. The summed E-state index contributed by atoms with van der Waals surface area (Å²) in [6.07, 6.45) is 0. The number of para-hydroxylation sites is 1. The first kappa shape index (κ1) is 33.0. The van der Waals surface area contributed by atoms with Crippen LogP contribution in [0.1, 0.15) is 0 Å². The maximum Gasteiger partial charge on any atom is 0.161 e. The molecule has 0 spiro atoms. The van der Waals surface area contributed by atoms with Gasteiger partial charge >= 0.3 is 0 Å². The van der Waals surface area contributed by atoms with Crippen molar-refractivity contribution >= 4 is 39.0 Å². The third-order valence-corrected chi connectivity index (χ3v) is 10.3. The Bertz CT molecular complexity index is 2920. The van der Waals surface area contributed by atoms with Gasteiger partial charge in [0.2, 0.25) is 0 Å². The molecule has 0 bridgehead atoms. The van der Waals surface area contributed by atoms with Crippen molar-refractivity contribution in [3.05, 3.63) is 212 Å². The molecule has 8 aromatic carbocycles. The third kappa shape index (κ3) is 6.29. The summed E-state index contributed by atoms with van der Waals surface area (Å²) in [6, 6.07) is 73.7. The maximum absolute atomic E-state index is 6.66. The van der Waals surface area contributed by atoms with Gasteiger partial charge in [-0.15, -0.1) is 0 Å². The number of rotatable bonds is 8. The Morgan fingerprint density at radius 2 is 0.804 bits per heavy atom. The lowest BCUT2D eigenvalue weighted by Crippen LogP contribution is -2.09. The van der Waals surface area contributed by atoms with Gasteiger partial charge in [0.25, 0.3) is 0 Å². The molecule has 10 rings (SSSR count). The van der Waals surface area contributed by atoms with Crippen LogP contribution in [0.25, 0.3) is 78.1 Å². The molecule has 0 aliphatic rings. The quantitative estimate of drug-likeness (QED) is 0.157. The summed E-state index contributed by atoms with van der Waals surface area (Å²) < 4.78 is 6.66. The molecule has 0 atom stereocenters. The van der Waals surface area contributed by atoms with E-state index in [-0.39, 0.29) is 0 Å². The second-order valence-electron chi connectivity index (χ2n) is 13.8. The van der Waals surface area contributed by atoms with E-state index >= 15 is 0 Å². The molecule has 0 unspecified atom stereocenters. The molecule has 56 heavy (non-hydrogen) atoms. The third-order valence-electron chi connectivity index (χ3n) is 10.3. The SMILES string of the molecule is c1ccc(-c2ccc(-c3cc(-c4ccccc4)nc(-c4cccc5oc6cc(N(c7ccccc7)c7ccc(-c8ccccc8)cc7)ccc6c45)n3)cc2)cc1. The fraction of sp³-hybridized carbons (Fsp3) is 0. The van der Waals surface area contributed by atoms with Crippen LogP contribution in [0, 0.1) is 0 Å². The zero-order valence-electron chi connectivity index (χ0n) is 30.5. The minimum Gasteiger partial charge on any atom is -0.456 e. The summed E-state index contributed by atoms with van der Waals surface area (Å²) in [4.78, 5) is 12.7. The Labute approximate surface area is 325 Å². The fourth-order valence-electron chi connectivity index (χ4n) is 7.53. The number of nitrogens with zero attached hydrogens (tertiary/aromatic N) is 3. The lowest BCUT2D eigenvalue weighted by atomic mass is 10.0. The van der Waals surface area contributed by atoms with Gasteiger partial charge in [0.15, 0.2) is 5.82 Å². The van der Waals surface area contributed by atoms with Gasteiger partial charge in [-0.05, 0) is 70.8 Å². The molecule has 0 N–H and O–H groups in total. The first-order valence-electron chi connectivity index (χ1n) is 18.8. The maximum atomic E-state index is 6.66. The molecule has 0 fully saturated rings. The molecular formula is C52H35N3O. The van der Waals surface area contributed by atoms with Crippen molar-refractivity contribution in [2.75, 3.05) is 4.90 Å². The Hall–Kier alpha value is -7.56. The van der Waals surface area contributed by atoms with Gasteiger partial charge in [-0.2, -0.15) is 0 Å². The van der Waals surface area contributed by atoms with E-state index in [0.29, 0.717) is 5.82 Å². The standard InChI is InChI=1S/C52H35N3O/c1-5-14-36(15-6-1)38-24-26-41(27-25-38)48-35-47(40-18-9-3-10-19-40)53-52(54-48)46-22-13-23-49-51(46)45-33-32-44(34-50(45)56-49)55(42-20-11-4-12-21-42)43-30-28-39(29-31-43)37-16-7-2-8-17-37/h1-35H. The number of aromatic nitrogens is 2. The second-order valence-corrected chi connectivity index (χ2v) is 13.8. The highest BCUT2D eigenvalue weighted by Gasteiger charge is 2.19. The molecule has 264 valence electrons. The Kier molecular flexibility index (Phi) is 8.47. The normalized spacial score (nSPS) is 11.2. The average molecular weight is 718 g/mol. The second kappa shape index (κ2) is 14.3. The Morgan fingerprint density at radius 1 is 0.339 bits per heavy atom. The van der Waals surface area contributed by atoms with Crippen molar-refractivity contribution < 1.29 is 4.42 Å². The van der Waals surface area contributed by atoms with Crippen LogP contribution in [0.5, 0.6) is 0 Å². The van der Waals surface area contributed by atoms with E-state index in [1.807, 2.05) is 48.5 Å². The first-order chi connectivity index (χ1) is 27.7. The van der Waals surface area contributed by atoms with Crippen molar-refractivity contribution in [1.29, 1.82) is 0 Å². The van der Waals surface area contributed by atoms with E-state index in [2.05, 4.69) is 169 Å².